The lowest BCUT2D eigenvalue weighted by Gasteiger charge is -2.28. The van der Waals surface area contributed by atoms with E-state index in [-0.39, 0.29) is 0 Å². The van der Waals surface area contributed by atoms with Crippen molar-refractivity contribution in [2.75, 3.05) is 6.61 Å². The third-order valence-corrected chi connectivity index (χ3v) is 4.33. The van der Waals surface area contributed by atoms with E-state index in [0.717, 1.165) is 5.56 Å². The average Bonchev–Trinajstić information content (AvgIpc) is 3.02. The molecule has 0 saturated carbocycles. The molecule has 7 nitrogen and oxygen atoms in total. The molecule has 1 aliphatic heterocycles. The molecule has 116 valence electrons. The highest BCUT2D eigenvalue weighted by Crippen LogP contribution is 2.26. The summed E-state index contributed by atoms with van der Waals surface area (Å²) in [5.41, 5.74) is 3.55. The normalized spacial score (nSPS) is 23.9. The number of thioether (sulfide) groups is 1. The van der Waals surface area contributed by atoms with Crippen molar-refractivity contribution >= 4 is 16.8 Å². The Hall–Kier alpha value is -1.16. The smallest absolute Gasteiger partial charge is 0.125 e. The van der Waals surface area contributed by atoms with Crippen LogP contribution in [0.4, 0.5) is 0 Å². The number of benzene rings is 1. The second-order valence-electron chi connectivity index (χ2n) is 4.67. The molecule has 0 radical (unpaired) electrons. The minimum atomic E-state index is -1.65. The summed E-state index contributed by atoms with van der Waals surface area (Å²) in [5.74, 6) is 0. The molecule has 1 aromatic carbocycles. The Bertz CT molecular complexity index is 487. The van der Waals surface area contributed by atoms with Gasteiger partial charge in [-0.2, -0.15) is 5.10 Å². The lowest BCUT2D eigenvalue weighted by molar-refractivity contribution is -0.116. The van der Waals surface area contributed by atoms with Gasteiger partial charge in [0.25, 0.3) is 0 Å². The van der Waals surface area contributed by atoms with E-state index in [1.54, 1.807) is 0 Å². The van der Waals surface area contributed by atoms with E-state index in [4.69, 9.17) is 5.11 Å². The number of hydrogen-bond donors (Lipinski definition) is 6. The maximum atomic E-state index is 10.0. The third kappa shape index (κ3) is 3.73. The van der Waals surface area contributed by atoms with Gasteiger partial charge in [-0.15, -0.1) is 0 Å². The van der Waals surface area contributed by atoms with Gasteiger partial charge in [0.1, 0.15) is 34.8 Å². The van der Waals surface area contributed by atoms with Crippen molar-refractivity contribution < 1.29 is 25.5 Å². The van der Waals surface area contributed by atoms with E-state index >= 15 is 0 Å². The van der Waals surface area contributed by atoms with E-state index in [2.05, 4.69) is 10.5 Å². The summed E-state index contributed by atoms with van der Waals surface area (Å²) >= 11 is 1.21. The molecule has 0 fully saturated rings. The van der Waals surface area contributed by atoms with Crippen molar-refractivity contribution in [3.63, 3.8) is 0 Å². The van der Waals surface area contributed by atoms with Crippen molar-refractivity contribution in [2.24, 2.45) is 5.10 Å². The van der Waals surface area contributed by atoms with E-state index in [9.17, 15) is 20.4 Å². The number of aliphatic hydroxyl groups excluding tert-OH is 5. The fourth-order valence-electron chi connectivity index (χ4n) is 1.87. The van der Waals surface area contributed by atoms with Crippen LogP contribution in [-0.2, 0) is 0 Å². The first-order valence-corrected chi connectivity index (χ1v) is 7.31. The third-order valence-electron chi connectivity index (χ3n) is 3.14. The molecule has 0 saturated heterocycles. The van der Waals surface area contributed by atoms with Crippen molar-refractivity contribution in [3.8, 4) is 0 Å². The fourth-order valence-corrected chi connectivity index (χ4v) is 2.90. The number of nitrogens with one attached hydrogen (secondary N) is 1. The summed E-state index contributed by atoms with van der Waals surface area (Å²) in [4.78, 5) is 0. The number of aliphatic hydroxyl groups is 5. The summed E-state index contributed by atoms with van der Waals surface area (Å²) in [7, 11) is 0. The van der Waals surface area contributed by atoms with Gasteiger partial charge in [0.05, 0.1) is 6.61 Å². The Labute approximate surface area is 125 Å². The Kier molecular flexibility index (Phi) is 5.57. The van der Waals surface area contributed by atoms with Crippen molar-refractivity contribution in [2.45, 2.75) is 29.8 Å². The first kappa shape index (κ1) is 16.2. The maximum Gasteiger partial charge on any atom is 0.125 e. The second kappa shape index (κ2) is 7.21. The molecule has 0 unspecified atom stereocenters. The van der Waals surface area contributed by atoms with E-state index < -0.39 is 36.4 Å². The van der Waals surface area contributed by atoms with Crippen molar-refractivity contribution in [3.05, 3.63) is 35.9 Å². The van der Waals surface area contributed by atoms with Crippen LogP contribution >= 0.6 is 11.8 Å². The minimum Gasteiger partial charge on any atom is -0.394 e. The summed E-state index contributed by atoms with van der Waals surface area (Å²) < 4.78 is 0. The highest BCUT2D eigenvalue weighted by molar-refractivity contribution is 8.15. The van der Waals surface area contributed by atoms with Gasteiger partial charge >= 0.3 is 0 Å². The lowest BCUT2D eigenvalue weighted by Crippen LogP contribution is -2.51. The molecule has 5 atom stereocenters. The van der Waals surface area contributed by atoms with Crippen LogP contribution in [0, 0.1) is 0 Å². The quantitative estimate of drug-likeness (QED) is 0.375. The van der Waals surface area contributed by atoms with E-state index in [1.807, 2.05) is 30.3 Å². The summed E-state index contributed by atoms with van der Waals surface area (Å²) in [5, 5.41) is 51.6. The lowest BCUT2D eigenvalue weighted by atomic mass is 10.0. The highest BCUT2D eigenvalue weighted by Gasteiger charge is 2.37. The molecule has 0 aliphatic carbocycles. The summed E-state index contributed by atoms with van der Waals surface area (Å²) in [6.07, 6.45) is -6.14. The predicted molar refractivity (Wildman–Crippen MR) is 78.6 cm³/mol. The van der Waals surface area contributed by atoms with Crippen LogP contribution in [0.2, 0.25) is 0 Å². The van der Waals surface area contributed by atoms with Crippen LogP contribution < -0.4 is 5.43 Å². The molecule has 6 N–H and O–H groups in total. The van der Waals surface area contributed by atoms with Gasteiger partial charge in [-0.3, -0.25) is 5.43 Å². The topological polar surface area (TPSA) is 126 Å². The van der Waals surface area contributed by atoms with Crippen LogP contribution in [0.1, 0.15) is 5.56 Å². The molecule has 1 heterocycles. The van der Waals surface area contributed by atoms with Gasteiger partial charge in [0.2, 0.25) is 0 Å². The van der Waals surface area contributed by atoms with Gasteiger partial charge in [0.15, 0.2) is 0 Å². The Morgan fingerprint density at radius 3 is 2.38 bits per heavy atom. The van der Waals surface area contributed by atoms with Gasteiger partial charge in [-0.1, -0.05) is 42.1 Å². The van der Waals surface area contributed by atoms with Gasteiger partial charge in [-0.25, -0.2) is 0 Å². The number of nitrogens with zero attached hydrogens (tertiary/aromatic N) is 1. The molecule has 2 rings (SSSR count). The van der Waals surface area contributed by atoms with Crippen LogP contribution in [0.5, 0.6) is 0 Å². The first-order chi connectivity index (χ1) is 10.0. The van der Waals surface area contributed by atoms with Crippen molar-refractivity contribution in [1.82, 2.24) is 5.43 Å². The largest absolute Gasteiger partial charge is 0.394 e. The van der Waals surface area contributed by atoms with Crippen molar-refractivity contribution in [1.29, 1.82) is 0 Å². The van der Waals surface area contributed by atoms with E-state index in [1.165, 1.54) is 11.8 Å². The number of hydrogen-bond acceptors (Lipinski definition) is 8. The number of rotatable bonds is 6. The molecule has 8 heteroatoms. The molecular formula is C13H18N2O5S. The Morgan fingerprint density at radius 2 is 1.76 bits per heavy atom. The predicted octanol–water partition coefficient (Wildman–Crippen LogP) is -1.55. The molecule has 21 heavy (non-hydrogen) atoms. The first-order valence-electron chi connectivity index (χ1n) is 6.43. The SMILES string of the molecule is OC[C@H](O)[C@H](O)[C@@H](O)[C@H](O)[C@H]1NN=C(c2ccccc2)S1. The highest BCUT2D eigenvalue weighted by atomic mass is 32.2. The Balaban J connectivity index is 1.96. The number of hydrazone groups is 1. The zero-order valence-corrected chi connectivity index (χ0v) is 11.9. The average molecular weight is 314 g/mol. The van der Waals surface area contributed by atoms with Gasteiger partial charge in [0, 0.05) is 5.56 Å². The fraction of sp³-hybridized carbons (Fsp3) is 0.462. The maximum absolute atomic E-state index is 10.0. The van der Waals surface area contributed by atoms with Crippen LogP contribution in [0.3, 0.4) is 0 Å². The standard InChI is InChI=1S/C13H18N2O5S/c16-6-8(17)9(18)10(19)11(20)13-15-14-12(21-13)7-4-2-1-3-5-7/h1-5,8-11,13,15-20H,6H2/t8-,9-,10+,11-,13-/m0/s1. The van der Waals surface area contributed by atoms with Crippen LogP contribution in [-0.4, -0.2) is 67.0 Å². The zero-order valence-electron chi connectivity index (χ0n) is 11.1. The zero-order chi connectivity index (χ0) is 15.4. The van der Waals surface area contributed by atoms with E-state index in [0.29, 0.717) is 5.04 Å². The Morgan fingerprint density at radius 1 is 1.10 bits per heavy atom. The second-order valence-corrected chi connectivity index (χ2v) is 5.80. The minimum absolute atomic E-state index is 0.657. The molecule has 0 bridgehead atoms. The monoisotopic (exact) mass is 314 g/mol. The molecule has 1 aliphatic rings. The summed E-state index contributed by atoms with van der Waals surface area (Å²) in [6, 6.07) is 9.32. The molecule has 1 aromatic rings. The molecule has 0 aromatic heterocycles. The van der Waals surface area contributed by atoms with Crippen LogP contribution in [0.25, 0.3) is 0 Å². The molecule has 0 spiro atoms. The van der Waals surface area contributed by atoms with Gasteiger partial charge in [-0.05, 0) is 0 Å². The molecular weight excluding hydrogens is 296 g/mol. The molecule has 0 amide bonds. The summed E-state index contributed by atoms with van der Waals surface area (Å²) in [6.45, 7) is -0.706. The van der Waals surface area contributed by atoms with Gasteiger partial charge < -0.3 is 25.5 Å². The van der Waals surface area contributed by atoms with Crippen LogP contribution in [0.15, 0.2) is 35.4 Å².